The quantitative estimate of drug-likeness (QED) is 0.650. The van der Waals surface area contributed by atoms with Crippen molar-refractivity contribution in [3.05, 3.63) is 68.6 Å². The summed E-state index contributed by atoms with van der Waals surface area (Å²) in [6.07, 6.45) is 2.16. The molecule has 3 rings (SSSR count). The standard InChI is InChI=1S/C17H15BrFN3O/c1-3-14(12-8-11(19)5-4-10(12)2)22-9-20-13-6-7-15(18)21-16(13)17(22)23/h4-9,14H,3H2,1-2H3. The first-order chi connectivity index (χ1) is 11.0. The van der Waals surface area contributed by atoms with Crippen molar-refractivity contribution in [1.82, 2.24) is 14.5 Å². The molecule has 0 N–H and O–H groups in total. The van der Waals surface area contributed by atoms with Crippen LogP contribution in [0.1, 0.15) is 30.5 Å². The first-order valence-corrected chi connectivity index (χ1v) is 8.10. The Kier molecular flexibility index (Phi) is 4.26. The van der Waals surface area contributed by atoms with Gasteiger partial charge in [0.1, 0.15) is 10.4 Å². The molecular weight excluding hydrogens is 361 g/mol. The molecule has 0 aliphatic carbocycles. The molecule has 0 saturated carbocycles. The second kappa shape index (κ2) is 6.20. The van der Waals surface area contributed by atoms with Gasteiger partial charge >= 0.3 is 0 Å². The molecule has 0 aliphatic rings. The Bertz CT molecular complexity index is 939. The van der Waals surface area contributed by atoms with E-state index in [1.54, 1.807) is 18.2 Å². The second-order valence-corrected chi connectivity index (χ2v) is 6.20. The van der Waals surface area contributed by atoms with Crippen molar-refractivity contribution in [2.24, 2.45) is 0 Å². The van der Waals surface area contributed by atoms with Crippen LogP contribution in [-0.2, 0) is 0 Å². The highest BCUT2D eigenvalue weighted by Crippen LogP contribution is 2.25. The fourth-order valence-corrected chi connectivity index (χ4v) is 3.06. The highest BCUT2D eigenvalue weighted by atomic mass is 79.9. The number of nitrogens with zero attached hydrogens (tertiary/aromatic N) is 3. The van der Waals surface area contributed by atoms with Gasteiger partial charge in [-0.05, 0) is 64.7 Å². The lowest BCUT2D eigenvalue weighted by atomic mass is 9.99. The van der Waals surface area contributed by atoms with E-state index >= 15 is 0 Å². The smallest absolute Gasteiger partial charge is 0.280 e. The van der Waals surface area contributed by atoms with Crippen LogP contribution in [0, 0.1) is 12.7 Å². The van der Waals surface area contributed by atoms with Gasteiger partial charge in [-0.15, -0.1) is 0 Å². The topological polar surface area (TPSA) is 47.8 Å². The first kappa shape index (κ1) is 15.8. The molecule has 4 nitrogen and oxygen atoms in total. The summed E-state index contributed by atoms with van der Waals surface area (Å²) < 4.78 is 15.8. The van der Waals surface area contributed by atoms with E-state index < -0.39 is 0 Å². The van der Waals surface area contributed by atoms with Gasteiger partial charge in [-0.2, -0.15) is 0 Å². The van der Waals surface area contributed by atoms with E-state index in [0.717, 1.165) is 11.1 Å². The molecule has 1 atom stereocenters. The van der Waals surface area contributed by atoms with Gasteiger partial charge in [-0.3, -0.25) is 9.36 Å². The van der Waals surface area contributed by atoms with Crippen LogP contribution in [0.5, 0.6) is 0 Å². The minimum atomic E-state index is -0.313. The maximum atomic E-state index is 13.6. The van der Waals surface area contributed by atoms with Crippen molar-refractivity contribution < 1.29 is 4.39 Å². The normalized spacial score (nSPS) is 12.5. The third kappa shape index (κ3) is 2.91. The number of rotatable bonds is 3. The van der Waals surface area contributed by atoms with E-state index in [-0.39, 0.29) is 17.4 Å². The van der Waals surface area contributed by atoms with E-state index in [4.69, 9.17) is 0 Å². The van der Waals surface area contributed by atoms with Crippen molar-refractivity contribution in [1.29, 1.82) is 0 Å². The van der Waals surface area contributed by atoms with E-state index in [0.29, 0.717) is 22.1 Å². The molecule has 1 unspecified atom stereocenters. The predicted molar refractivity (Wildman–Crippen MR) is 91.1 cm³/mol. The van der Waals surface area contributed by atoms with Crippen molar-refractivity contribution in [3.8, 4) is 0 Å². The maximum Gasteiger partial charge on any atom is 0.280 e. The largest absolute Gasteiger partial charge is 0.290 e. The number of hydrogen-bond acceptors (Lipinski definition) is 3. The Labute approximate surface area is 141 Å². The molecule has 0 aliphatic heterocycles. The highest BCUT2D eigenvalue weighted by molar-refractivity contribution is 9.10. The Balaban J connectivity index is 2.23. The minimum absolute atomic E-state index is 0.230. The summed E-state index contributed by atoms with van der Waals surface area (Å²) in [6.45, 7) is 3.87. The number of benzene rings is 1. The van der Waals surface area contributed by atoms with Gasteiger partial charge in [0.05, 0.1) is 17.9 Å². The number of aromatic nitrogens is 3. The van der Waals surface area contributed by atoms with Crippen molar-refractivity contribution in [2.45, 2.75) is 26.3 Å². The molecule has 0 amide bonds. The van der Waals surface area contributed by atoms with Gasteiger partial charge in [-0.25, -0.2) is 14.4 Å². The van der Waals surface area contributed by atoms with Gasteiger partial charge in [-0.1, -0.05) is 13.0 Å². The highest BCUT2D eigenvalue weighted by Gasteiger charge is 2.18. The zero-order chi connectivity index (χ0) is 16.6. The number of fused-ring (bicyclic) bond motifs is 1. The second-order valence-electron chi connectivity index (χ2n) is 5.38. The van der Waals surface area contributed by atoms with Crippen LogP contribution in [0.3, 0.4) is 0 Å². The number of halogens is 2. The molecule has 2 aromatic heterocycles. The summed E-state index contributed by atoms with van der Waals surface area (Å²) in [5, 5.41) is 0. The molecular formula is C17H15BrFN3O. The van der Waals surface area contributed by atoms with Crippen LogP contribution in [0.15, 0.2) is 46.1 Å². The van der Waals surface area contributed by atoms with Gasteiger partial charge < -0.3 is 0 Å². The molecule has 0 bridgehead atoms. The number of hydrogen-bond donors (Lipinski definition) is 0. The van der Waals surface area contributed by atoms with E-state index in [1.165, 1.54) is 23.0 Å². The van der Waals surface area contributed by atoms with Crippen molar-refractivity contribution in [3.63, 3.8) is 0 Å². The first-order valence-electron chi connectivity index (χ1n) is 7.30. The molecule has 0 saturated heterocycles. The zero-order valence-corrected chi connectivity index (χ0v) is 14.3. The monoisotopic (exact) mass is 375 g/mol. The summed E-state index contributed by atoms with van der Waals surface area (Å²) in [7, 11) is 0. The summed E-state index contributed by atoms with van der Waals surface area (Å²) in [6, 6.07) is 7.83. The molecule has 2 heterocycles. The molecule has 23 heavy (non-hydrogen) atoms. The Hall–Kier alpha value is -2.08. The maximum absolute atomic E-state index is 13.6. The van der Waals surface area contributed by atoms with E-state index in [1.807, 2.05) is 13.8 Å². The minimum Gasteiger partial charge on any atom is -0.290 e. The molecule has 0 fully saturated rings. The van der Waals surface area contributed by atoms with Crippen LogP contribution in [0.2, 0.25) is 0 Å². The van der Waals surface area contributed by atoms with Crippen molar-refractivity contribution >= 4 is 27.0 Å². The van der Waals surface area contributed by atoms with Crippen molar-refractivity contribution in [2.75, 3.05) is 0 Å². The molecule has 0 radical (unpaired) electrons. The third-order valence-electron chi connectivity index (χ3n) is 3.92. The third-order valence-corrected chi connectivity index (χ3v) is 4.36. The predicted octanol–water partition coefficient (Wildman–Crippen LogP) is 4.00. The fraction of sp³-hybridized carbons (Fsp3) is 0.235. The van der Waals surface area contributed by atoms with E-state index in [2.05, 4.69) is 25.9 Å². The lowest BCUT2D eigenvalue weighted by Crippen LogP contribution is -2.26. The lowest BCUT2D eigenvalue weighted by Gasteiger charge is -2.20. The lowest BCUT2D eigenvalue weighted by molar-refractivity contribution is 0.534. The Morgan fingerprint density at radius 3 is 2.83 bits per heavy atom. The zero-order valence-electron chi connectivity index (χ0n) is 12.8. The SMILES string of the molecule is CCC(c1cc(F)ccc1C)n1cnc2ccc(Br)nc2c1=O. The van der Waals surface area contributed by atoms with Crippen LogP contribution in [-0.4, -0.2) is 14.5 Å². The van der Waals surface area contributed by atoms with Gasteiger partial charge in [0.25, 0.3) is 5.56 Å². The average molecular weight is 376 g/mol. The van der Waals surface area contributed by atoms with E-state index in [9.17, 15) is 9.18 Å². The molecule has 118 valence electrons. The van der Waals surface area contributed by atoms with Crippen LogP contribution in [0.25, 0.3) is 11.0 Å². The fourth-order valence-electron chi connectivity index (χ4n) is 2.75. The van der Waals surface area contributed by atoms with Crippen LogP contribution >= 0.6 is 15.9 Å². The summed E-state index contributed by atoms with van der Waals surface area (Å²) >= 11 is 3.27. The summed E-state index contributed by atoms with van der Waals surface area (Å²) in [5.74, 6) is -0.313. The van der Waals surface area contributed by atoms with Crippen LogP contribution < -0.4 is 5.56 Å². The van der Waals surface area contributed by atoms with Gasteiger partial charge in [0.2, 0.25) is 0 Å². The summed E-state index contributed by atoms with van der Waals surface area (Å²) in [5.41, 5.74) is 2.33. The van der Waals surface area contributed by atoms with Crippen LogP contribution in [0.4, 0.5) is 4.39 Å². The summed E-state index contributed by atoms with van der Waals surface area (Å²) in [4.78, 5) is 21.3. The molecule has 0 spiro atoms. The van der Waals surface area contributed by atoms with Gasteiger partial charge in [0.15, 0.2) is 5.52 Å². The number of aryl methyl sites for hydroxylation is 1. The molecule has 6 heteroatoms. The Morgan fingerprint density at radius 1 is 1.30 bits per heavy atom. The molecule has 3 aromatic rings. The average Bonchev–Trinajstić information content (AvgIpc) is 2.54. The Morgan fingerprint density at radius 2 is 2.09 bits per heavy atom. The number of pyridine rings is 1. The van der Waals surface area contributed by atoms with Gasteiger partial charge in [0, 0.05) is 0 Å². The molecule has 1 aromatic carbocycles.